The first kappa shape index (κ1) is 24.1. The number of nitrogens with one attached hydrogen (secondary N) is 2. The summed E-state index contributed by atoms with van der Waals surface area (Å²) in [6.45, 7) is 2.99. The van der Waals surface area contributed by atoms with Gasteiger partial charge in [-0.2, -0.15) is 0 Å². The van der Waals surface area contributed by atoms with Gasteiger partial charge >= 0.3 is 0 Å². The molecule has 2 amide bonds. The Labute approximate surface area is 207 Å². The average molecular weight is 499 g/mol. The van der Waals surface area contributed by atoms with Gasteiger partial charge in [-0.05, 0) is 62.2 Å². The Kier molecular flexibility index (Phi) is 7.73. The van der Waals surface area contributed by atoms with Crippen LogP contribution in [0.4, 0.5) is 0 Å². The molecule has 2 N–H and O–H groups in total. The van der Waals surface area contributed by atoms with Gasteiger partial charge in [0.15, 0.2) is 0 Å². The van der Waals surface area contributed by atoms with Crippen LogP contribution in [0.5, 0.6) is 0 Å². The Morgan fingerprint density at radius 3 is 2.56 bits per heavy atom. The van der Waals surface area contributed by atoms with Crippen LogP contribution < -0.4 is 10.6 Å². The second-order valence-corrected chi connectivity index (χ2v) is 8.87. The maximum absolute atomic E-state index is 13.0. The van der Waals surface area contributed by atoms with Crippen molar-refractivity contribution in [2.75, 3.05) is 13.2 Å². The Bertz CT molecular complexity index is 1210. The van der Waals surface area contributed by atoms with Gasteiger partial charge in [-0.1, -0.05) is 40.9 Å². The highest BCUT2D eigenvalue weighted by molar-refractivity contribution is 6.42. The number of halogens is 2. The molecule has 176 valence electrons. The summed E-state index contributed by atoms with van der Waals surface area (Å²) in [6, 6.07) is 15.7. The van der Waals surface area contributed by atoms with Gasteiger partial charge in [0.05, 0.1) is 16.1 Å². The molecule has 1 aliphatic heterocycles. The molecule has 1 atom stereocenters. The molecule has 1 aliphatic rings. The Hall–Kier alpha value is -3.06. The predicted molar refractivity (Wildman–Crippen MR) is 133 cm³/mol. The maximum atomic E-state index is 13.0. The van der Waals surface area contributed by atoms with Gasteiger partial charge in [0.25, 0.3) is 11.8 Å². The second-order valence-electron chi connectivity index (χ2n) is 8.05. The Morgan fingerprint density at radius 2 is 1.85 bits per heavy atom. The monoisotopic (exact) mass is 498 g/mol. The van der Waals surface area contributed by atoms with Crippen LogP contribution in [0.1, 0.15) is 34.5 Å². The zero-order valence-electron chi connectivity index (χ0n) is 18.6. The Morgan fingerprint density at radius 1 is 1.06 bits per heavy atom. The molecule has 1 fully saturated rings. The average Bonchev–Trinajstić information content (AvgIpc) is 3.51. The fourth-order valence-corrected chi connectivity index (χ4v) is 3.84. The summed E-state index contributed by atoms with van der Waals surface area (Å²) in [5, 5.41) is 6.41. The molecule has 1 unspecified atom stereocenters. The molecule has 8 heteroatoms. The highest BCUT2D eigenvalue weighted by Crippen LogP contribution is 2.30. The van der Waals surface area contributed by atoms with Gasteiger partial charge in [-0.25, -0.2) is 0 Å². The molecule has 6 nitrogen and oxygen atoms in total. The molecule has 1 aromatic heterocycles. The molecular formula is C26H24Cl2N2O4. The van der Waals surface area contributed by atoms with Crippen LogP contribution in [0.3, 0.4) is 0 Å². The van der Waals surface area contributed by atoms with E-state index in [1.807, 2.05) is 19.1 Å². The summed E-state index contributed by atoms with van der Waals surface area (Å²) >= 11 is 12.1. The van der Waals surface area contributed by atoms with E-state index in [-0.39, 0.29) is 11.8 Å². The first-order chi connectivity index (χ1) is 16.4. The molecule has 4 rings (SSSR count). The van der Waals surface area contributed by atoms with Crippen molar-refractivity contribution in [2.45, 2.75) is 25.9 Å². The number of furan rings is 1. The van der Waals surface area contributed by atoms with Crippen molar-refractivity contribution in [1.82, 2.24) is 10.6 Å². The number of carbonyl (C=O) groups excluding carboxylic acids is 2. The van der Waals surface area contributed by atoms with E-state index < -0.39 is 11.8 Å². The first-order valence-corrected chi connectivity index (χ1v) is 11.7. The molecule has 0 aliphatic carbocycles. The largest absolute Gasteiger partial charge is 0.457 e. The summed E-state index contributed by atoms with van der Waals surface area (Å²) in [5.41, 5.74) is 2.28. The number of hydrogen-bond acceptors (Lipinski definition) is 4. The first-order valence-electron chi connectivity index (χ1n) is 10.9. The number of ether oxygens (including phenoxy) is 1. The summed E-state index contributed by atoms with van der Waals surface area (Å²) in [5.74, 6) is 0.125. The lowest BCUT2D eigenvalue weighted by molar-refractivity contribution is -0.118. The fraction of sp³-hybridized carbons (Fsp3) is 0.231. The molecule has 2 aromatic carbocycles. The quantitative estimate of drug-likeness (QED) is 0.413. The molecular weight excluding hydrogens is 475 g/mol. The summed E-state index contributed by atoms with van der Waals surface area (Å²) in [7, 11) is 0. The minimum absolute atomic E-state index is 0.0251. The Balaban J connectivity index is 1.56. The second kappa shape index (κ2) is 10.9. The lowest BCUT2D eigenvalue weighted by atomic mass is 10.1. The van der Waals surface area contributed by atoms with Crippen LogP contribution in [-0.2, 0) is 9.53 Å². The number of amides is 2. The van der Waals surface area contributed by atoms with E-state index in [1.54, 1.807) is 42.5 Å². The van der Waals surface area contributed by atoms with Crippen LogP contribution in [0.2, 0.25) is 10.0 Å². The molecule has 1 saturated heterocycles. The normalized spacial score (nSPS) is 15.9. The number of hydrogen-bond donors (Lipinski definition) is 2. The topological polar surface area (TPSA) is 80.6 Å². The van der Waals surface area contributed by atoms with Gasteiger partial charge in [0, 0.05) is 30.4 Å². The number of aryl methyl sites for hydroxylation is 1. The van der Waals surface area contributed by atoms with E-state index in [9.17, 15) is 9.59 Å². The zero-order valence-corrected chi connectivity index (χ0v) is 20.1. The third-order valence-corrected chi connectivity index (χ3v) is 6.18. The lowest BCUT2D eigenvalue weighted by Gasteiger charge is -2.13. The van der Waals surface area contributed by atoms with Crippen LogP contribution >= 0.6 is 23.2 Å². The summed E-state index contributed by atoms with van der Waals surface area (Å²) in [6.07, 6.45) is 3.33. The van der Waals surface area contributed by atoms with Crippen molar-refractivity contribution in [3.05, 3.63) is 87.2 Å². The molecule has 2 heterocycles. The highest BCUT2D eigenvalue weighted by Gasteiger charge is 2.20. The fourth-order valence-electron chi connectivity index (χ4n) is 3.54. The van der Waals surface area contributed by atoms with Gasteiger partial charge in [0.1, 0.15) is 17.2 Å². The molecule has 0 bridgehead atoms. The van der Waals surface area contributed by atoms with Gasteiger partial charge < -0.3 is 19.8 Å². The van der Waals surface area contributed by atoms with Gasteiger partial charge in [0.2, 0.25) is 0 Å². The van der Waals surface area contributed by atoms with E-state index in [4.69, 9.17) is 32.4 Å². The van der Waals surface area contributed by atoms with E-state index in [0.29, 0.717) is 40.3 Å². The highest BCUT2D eigenvalue weighted by atomic mass is 35.5. The molecule has 0 radical (unpaired) electrons. The van der Waals surface area contributed by atoms with E-state index >= 15 is 0 Å². The van der Waals surface area contributed by atoms with Crippen LogP contribution in [0.15, 0.2) is 64.7 Å². The molecule has 0 saturated carbocycles. The number of rotatable bonds is 7. The molecule has 3 aromatic rings. The summed E-state index contributed by atoms with van der Waals surface area (Å²) in [4.78, 5) is 25.8. The van der Waals surface area contributed by atoms with Crippen molar-refractivity contribution >= 4 is 41.1 Å². The minimum atomic E-state index is -0.427. The maximum Gasteiger partial charge on any atom is 0.268 e. The SMILES string of the molecule is Cc1ccc(C(=O)N/C(=C/c2ccc(-c3ccc(Cl)c(Cl)c3)o2)C(=O)NCC2CCCO2)cc1. The van der Waals surface area contributed by atoms with E-state index in [1.165, 1.54) is 6.08 Å². The van der Waals surface area contributed by atoms with Crippen molar-refractivity contribution in [1.29, 1.82) is 0 Å². The number of benzene rings is 2. The smallest absolute Gasteiger partial charge is 0.268 e. The predicted octanol–water partition coefficient (Wildman–Crippen LogP) is 5.63. The van der Waals surface area contributed by atoms with Gasteiger partial charge in [-0.3, -0.25) is 9.59 Å². The van der Waals surface area contributed by atoms with E-state index in [2.05, 4.69) is 10.6 Å². The van der Waals surface area contributed by atoms with Crippen LogP contribution in [0.25, 0.3) is 17.4 Å². The van der Waals surface area contributed by atoms with E-state index in [0.717, 1.165) is 24.0 Å². The number of carbonyl (C=O) groups is 2. The van der Waals surface area contributed by atoms with Crippen LogP contribution in [0, 0.1) is 6.92 Å². The third kappa shape index (κ3) is 6.08. The van der Waals surface area contributed by atoms with Crippen LogP contribution in [-0.4, -0.2) is 31.1 Å². The molecule has 34 heavy (non-hydrogen) atoms. The minimum Gasteiger partial charge on any atom is -0.457 e. The van der Waals surface area contributed by atoms with Crippen molar-refractivity contribution < 1.29 is 18.7 Å². The zero-order chi connectivity index (χ0) is 24.1. The lowest BCUT2D eigenvalue weighted by Crippen LogP contribution is -2.38. The van der Waals surface area contributed by atoms with Crippen molar-refractivity contribution in [3.63, 3.8) is 0 Å². The third-order valence-electron chi connectivity index (χ3n) is 5.44. The molecule has 0 spiro atoms. The van der Waals surface area contributed by atoms with Crippen molar-refractivity contribution in [3.8, 4) is 11.3 Å². The standard InChI is InChI=1S/C26H24Cl2N2O4/c1-16-4-6-17(7-5-16)25(31)30-23(26(32)29-15-20-3-2-12-33-20)14-19-9-11-24(34-19)18-8-10-21(27)22(28)13-18/h4-11,13-14,20H,2-3,12,15H2,1H3,(H,29,32)(H,30,31)/b23-14+. The van der Waals surface area contributed by atoms with Gasteiger partial charge in [-0.15, -0.1) is 0 Å². The van der Waals surface area contributed by atoms with Crippen molar-refractivity contribution in [2.24, 2.45) is 0 Å². The summed E-state index contributed by atoms with van der Waals surface area (Å²) < 4.78 is 11.5.